The number of thiazole rings is 1. The average molecular weight is 521 g/mol. The number of rotatable bonds is 5. The third-order valence-corrected chi connectivity index (χ3v) is 7.02. The minimum Gasteiger partial charge on any atom is -0.365 e. The topological polar surface area (TPSA) is 60.8 Å². The van der Waals surface area contributed by atoms with Crippen molar-refractivity contribution in [3.63, 3.8) is 0 Å². The van der Waals surface area contributed by atoms with E-state index in [-0.39, 0.29) is 5.91 Å². The zero-order valence-corrected chi connectivity index (χ0v) is 20.5. The Balaban J connectivity index is 1.52. The van der Waals surface area contributed by atoms with Crippen LogP contribution in [0.2, 0.25) is 5.02 Å². The predicted octanol–water partition coefficient (Wildman–Crippen LogP) is 5.87. The highest BCUT2D eigenvalue weighted by Gasteiger charge is 2.25. The smallest absolute Gasteiger partial charge is 0.254 e. The van der Waals surface area contributed by atoms with Crippen LogP contribution in [0.15, 0.2) is 46.0 Å². The van der Waals surface area contributed by atoms with Gasteiger partial charge >= 0.3 is 0 Å². The lowest BCUT2D eigenvalue weighted by Gasteiger charge is -2.36. The van der Waals surface area contributed by atoms with Crippen molar-refractivity contribution in [2.24, 2.45) is 5.10 Å². The Morgan fingerprint density at radius 1 is 1.26 bits per heavy atom. The molecule has 2 heterocycles. The van der Waals surface area contributed by atoms with Gasteiger partial charge in [0.25, 0.3) is 5.91 Å². The number of carbonyl (C=O) groups is 1. The minimum absolute atomic E-state index is 0.0505. The standard InChI is InChI=1S/C22H23BrClN5OS/c1-3-14(2)26-27-22-25-19-18(31-22)8-7-17(24)20(19)28-9-11-29(12-10-28)21(30)15-5-4-6-16(23)13-15/h4-8,13H,3,9-12H2,1-2H3,(H,25,27)/b26-14+. The van der Waals surface area contributed by atoms with Crippen molar-refractivity contribution in [3.05, 3.63) is 51.5 Å². The van der Waals surface area contributed by atoms with Gasteiger partial charge in [-0.05, 0) is 43.7 Å². The van der Waals surface area contributed by atoms with Gasteiger partial charge in [0.05, 0.1) is 15.4 Å². The number of carbonyl (C=O) groups excluding carboxylic acids is 1. The number of fused-ring (bicyclic) bond motifs is 1. The van der Waals surface area contributed by atoms with E-state index in [1.807, 2.05) is 48.2 Å². The first-order valence-corrected chi connectivity index (χ1v) is 12.1. The molecule has 1 saturated heterocycles. The van der Waals surface area contributed by atoms with Crippen molar-refractivity contribution in [2.45, 2.75) is 20.3 Å². The Kier molecular flexibility index (Phi) is 6.79. The molecule has 3 aromatic rings. The van der Waals surface area contributed by atoms with Crippen molar-refractivity contribution in [1.29, 1.82) is 0 Å². The Morgan fingerprint density at radius 3 is 2.74 bits per heavy atom. The van der Waals surface area contributed by atoms with Crippen LogP contribution in [0.4, 0.5) is 10.8 Å². The second kappa shape index (κ2) is 9.54. The van der Waals surface area contributed by atoms with E-state index in [9.17, 15) is 4.79 Å². The Morgan fingerprint density at radius 2 is 2.03 bits per heavy atom. The molecule has 2 aromatic carbocycles. The van der Waals surface area contributed by atoms with Crippen molar-refractivity contribution in [1.82, 2.24) is 9.88 Å². The molecule has 6 nitrogen and oxygen atoms in total. The molecular formula is C22H23BrClN5OS. The fourth-order valence-electron chi connectivity index (χ4n) is 3.46. The molecule has 162 valence electrons. The van der Waals surface area contributed by atoms with Gasteiger partial charge in [-0.2, -0.15) is 5.10 Å². The number of hydrazone groups is 1. The van der Waals surface area contributed by atoms with Crippen molar-refractivity contribution in [3.8, 4) is 0 Å². The summed E-state index contributed by atoms with van der Waals surface area (Å²) in [4.78, 5) is 21.7. The molecule has 1 aromatic heterocycles. The number of piperazine rings is 1. The van der Waals surface area contributed by atoms with E-state index < -0.39 is 0 Å². The number of nitrogens with one attached hydrogen (secondary N) is 1. The third kappa shape index (κ3) is 4.86. The fraction of sp³-hybridized carbons (Fsp3) is 0.318. The Hall–Kier alpha value is -2.16. The first kappa shape index (κ1) is 22.0. The number of amides is 1. The SMILES string of the molecule is CC/C(C)=N/Nc1nc2c(N3CCN(C(=O)c4cccc(Br)c4)CC3)c(Cl)ccc2s1. The van der Waals surface area contributed by atoms with Gasteiger partial charge in [0.2, 0.25) is 5.13 Å². The highest BCUT2D eigenvalue weighted by atomic mass is 79.9. The number of hydrogen-bond donors (Lipinski definition) is 1. The molecule has 0 unspecified atom stereocenters. The van der Waals surface area contributed by atoms with Crippen LogP contribution in [-0.4, -0.2) is 47.7 Å². The van der Waals surface area contributed by atoms with Crippen LogP contribution in [0.1, 0.15) is 30.6 Å². The van der Waals surface area contributed by atoms with E-state index in [4.69, 9.17) is 16.6 Å². The largest absolute Gasteiger partial charge is 0.365 e. The van der Waals surface area contributed by atoms with Crippen LogP contribution in [0.5, 0.6) is 0 Å². The normalized spacial score (nSPS) is 14.9. The molecule has 9 heteroatoms. The van der Waals surface area contributed by atoms with Crippen molar-refractivity contribution in [2.75, 3.05) is 36.5 Å². The number of anilines is 2. The summed E-state index contributed by atoms with van der Waals surface area (Å²) in [5.74, 6) is 0.0505. The molecule has 1 aliphatic rings. The van der Waals surface area contributed by atoms with Gasteiger partial charge in [-0.1, -0.05) is 51.9 Å². The lowest BCUT2D eigenvalue weighted by Crippen LogP contribution is -2.49. The van der Waals surface area contributed by atoms with Crippen LogP contribution in [0.3, 0.4) is 0 Å². The van der Waals surface area contributed by atoms with Gasteiger partial charge in [0.1, 0.15) is 5.52 Å². The molecule has 1 amide bonds. The van der Waals surface area contributed by atoms with E-state index in [0.29, 0.717) is 36.8 Å². The quantitative estimate of drug-likeness (QED) is 0.337. The maximum atomic E-state index is 12.9. The van der Waals surface area contributed by atoms with Gasteiger partial charge in [-0.25, -0.2) is 4.98 Å². The summed E-state index contributed by atoms with van der Waals surface area (Å²) in [6.45, 7) is 6.72. The molecule has 1 fully saturated rings. The van der Waals surface area contributed by atoms with Crippen LogP contribution >= 0.6 is 38.9 Å². The average Bonchev–Trinajstić information content (AvgIpc) is 3.20. The molecule has 0 aliphatic carbocycles. The minimum atomic E-state index is 0.0505. The monoisotopic (exact) mass is 519 g/mol. The second-order valence-electron chi connectivity index (χ2n) is 7.36. The van der Waals surface area contributed by atoms with Gasteiger partial charge in [0, 0.05) is 41.9 Å². The van der Waals surface area contributed by atoms with Crippen LogP contribution < -0.4 is 10.3 Å². The molecule has 31 heavy (non-hydrogen) atoms. The van der Waals surface area contributed by atoms with E-state index >= 15 is 0 Å². The van der Waals surface area contributed by atoms with Gasteiger partial charge in [-0.3, -0.25) is 10.2 Å². The molecule has 0 spiro atoms. The summed E-state index contributed by atoms with van der Waals surface area (Å²) in [5, 5.41) is 5.77. The molecule has 0 saturated carbocycles. The first-order valence-electron chi connectivity index (χ1n) is 10.1. The zero-order valence-electron chi connectivity index (χ0n) is 17.4. The predicted molar refractivity (Wildman–Crippen MR) is 134 cm³/mol. The summed E-state index contributed by atoms with van der Waals surface area (Å²) >= 11 is 11.6. The number of aromatic nitrogens is 1. The van der Waals surface area contributed by atoms with Crippen molar-refractivity contribution < 1.29 is 4.79 Å². The van der Waals surface area contributed by atoms with Crippen LogP contribution in [0.25, 0.3) is 10.2 Å². The van der Waals surface area contributed by atoms with E-state index in [0.717, 1.165) is 37.6 Å². The van der Waals surface area contributed by atoms with Gasteiger partial charge < -0.3 is 9.80 Å². The highest BCUT2D eigenvalue weighted by Crippen LogP contribution is 2.38. The summed E-state index contributed by atoms with van der Waals surface area (Å²) in [7, 11) is 0. The third-order valence-electron chi connectivity index (χ3n) is 5.29. The molecule has 1 aliphatic heterocycles. The molecule has 4 rings (SSSR count). The summed E-state index contributed by atoms with van der Waals surface area (Å²) in [5.41, 5.74) is 6.57. The Bertz CT molecular complexity index is 1140. The summed E-state index contributed by atoms with van der Waals surface area (Å²) in [6.07, 6.45) is 0.887. The molecule has 0 radical (unpaired) electrons. The lowest BCUT2D eigenvalue weighted by atomic mass is 10.1. The van der Waals surface area contributed by atoms with Gasteiger partial charge in [-0.15, -0.1) is 0 Å². The maximum Gasteiger partial charge on any atom is 0.254 e. The number of benzene rings is 2. The number of hydrogen-bond acceptors (Lipinski definition) is 6. The van der Waals surface area contributed by atoms with Crippen molar-refractivity contribution >= 4 is 71.5 Å². The van der Waals surface area contributed by atoms with Crippen LogP contribution in [0, 0.1) is 0 Å². The second-order valence-corrected chi connectivity index (χ2v) is 9.72. The summed E-state index contributed by atoms with van der Waals surface area (Å²) < 4.78 is 1.96. The summed E-state index contributed by atoms with van der Waals surface area (Å²) in [6, 6.07) is 11.4. The zero-order chi connectivity index (χ0) is 22.0. The Labute approximate surface area is 199 Å². The van der Waals surface area contributed by atoms with E-state index in [2.05, 4.69) is 38.3 Å². The maximum absolute atomic E-state index is 12.9. The highest BCUT2D eigenvalue weighted by molar-refractivity contribution is 9.10. The lowest BCUT2D eigenvalue weighted by molar-refractivity contribution is 0.0747. The molecule has 0 bridgehead atoms. The molecule has 1 N–H and O–H groups in total. The van der Waals surface area contributed by atoms with E-state index in [1.54, 1.807) is 11.3 Å². The number of nitrogens with zero attached hydrogens (tertiary/aromatic N) is 4. The van der Waals surface area contributed by atoms with E-state index in [1.165, 1.54) is 0 Å². The fourth-order valence-corrected chi connectivity index (χ4v) is 4.95. The van der Waals surface area contributed by atoms with Crippen LogP contribution in [-0.2, 0) is 0 Å². The first-order chi connectivity index (χ1) is 15.0. The van der Waals surface area contributed by atoms with Gasteiger partial charge in [0.15, 0.2) is 0 Å². The number of halogens is 2. The molecule has 0 atom stereocenters. The molecular weight excluding hydrogens is 498 g/mol.